The first kappa shape index (κ1) is 29.4. The molecule has 1 aliphatic rings. The molecule has 33 heavy (non-hydrogen) atoms. The first-order chi connectivity index (χ1) is 16.1. The fraction of sp³-hybridized carbons (Fsp3) is 0.522. The van der Waals surface area contributed by atoms with E-state index in [9.17, 15) is 13.2 Å². The van der Waals surface area contributed by atoms with Crippen molar-refractivity contribution in [2.75, 3.05) is 50.6 Å². The highest BCUT2D eigenvalue weighted by Crippen LogP contribution is 2.37. The zero-order valence-corrected chi connectivity index (χ0v) is 21.0. The lowest BCUT2D eigenvalue weighted by atomic mass is 10.0. The Labute approximate surface area is 204 Å². The number of nitrogens with zero attached hydrogens (tertiary/aromatic N) is 2. The molecule has 3 N–H and O–H groups in total. The van der Waals surface area contributed by atoms with Crippen LogP contribution in [0.25, 0.3) is 0 Å². The second-order valence-electron chi connectivity index (χ2n) is 7.31. The fourth-order valence-corrected chi connectivity index (χ4v) is 4.61. The Balaban J connectivity index is 0.00000129. The van der Waals surface area contributed by atoms with Crippen LogP contribution in [0.5, 0.6) is 0 Å². The van der Waals surface area contributed by atoms with E-state index >= 15 is 0 Å². The summed E-state index contributed by atoms with van der Waals surface area (Å²) < 4.78 is 40.3. The van der Waals surface area contributed by atoms with Crippen LogP contribution in [0, 0.1) is 17.7 Å². The molecule has 186 valence electrons. The number of hydrogen-bond acceptors (Lipinski definition) is 6. The molecule has 3 rings (SSSR count). The van der Waals surface area contributed by atoms with E-state index in [1.165, 1.54) is 31.7 Å². The van der Waals surface area contributed by atoms with Crippen LogP contribution in [0.4, 0.5) is 24.7 Å². The Morgan fingerprint density at radius 2 is 1.91 bits per heavy atom. The van der Waals surface area contributed by atoms with Crippen LogP contribution in [-0.4, -0.2) is 51.1 Å². The number of pyridine rings is 1. The van der Waals surface area contributed by atoms with Gasteiger partial charge in [0.05, 0.1) is 17.8 Å². The van der Waals surface area contributed by atoms with Gasteiger partial charge in [-0.3, -0.25) is 4.39 Å². The van der Waals surface area contributed by atoms with Crippen molar-refractivity contribution in [2.24, 2.45) is 5.92 Å². The highest BCUT2D eigenvalue weighted by Gasteiger charge is 2.25. The van der Waals surface area contributed by atoms with Crippen LogP contribution in [0.2, 0.25) is 5.02 Å². The molecule has 10 heteroatoms. The quantitative estimate of drug-likeness (QED) is 0.211. The maximum absolute atomic E-state index is 14.8. The van der Waals surface area contributed by atoms with Gasteiger partial charge in [0.2, 0.25) is 5.95 Å². The van der Waals surface area contributed by atoms with Gasteiger partial charge in [-0.25, -0.2) is 9.37 Å². The molecule has 0 radical (unpaired) electrons. The van der Waals surface area contributed by atoms with Gasteiger partial charge in [-0.05, 0) is 75.0 Å². The molecule has 0 unspecified atom stereocenters. The van der Waals surface area contributed by atoms with Crippen molar-refractivity contribution < 1.29 is 18.3 Å². The van der Waals surface area contributed by atoms with Crippen LogP contribution in [0.3, 0.4) is 0 Å². The monoisotopic (exact) mass is 506 g/mol. The lowest BCUT2D eigenvalue weighted by molar-refractivity contribution is 0.399. The molecule has 0 aliphatic carbocycles. The fourth-order valence-electron chi connectivity index (χ4n) is 3.62. The van der Waals surface area contributed by atoms with Crippen LogP contribution < -0.4 is 14.9 Å². The SMILES string of the molecule is CF.CNCCCCC[C@@H]1CCN(c2ccc(SNc3cccc(F)n3)c(F)c2Cl)C1.CO. The van der Waals surface area contributed by atoms with E-state index in [1.54, 1.807) is 18.2 Å². The number of anilines is 2. The van der Waals surface area contributed by atoms with Gasteiger partial charge >= 0.3 is 0 Å². The number of unbranched alkanes of at least 4 members (excludes halogenated alkanes) is 2. The number of rotatable bonds is 10. The maximum atomic E-state index is 14.8. The maximum Gasteiger partial charge on any atom is 0.214 e. The van der Waals surface area contributed by atoms with Gasteiger partial charge in [-0.15, -0.1) is 0 Å². The molecule has 5 nitrogen and oxygen atoms in total. The minimum Gasteiger partial charge on any atom is -0.400 e. The number of aliphatic hydroxyl groups is 1. The lowest BCUT2D eigenvalue weighted by Gasteiger charge is -2.21. The topological polar surface area (TPSA) is 60.4 Å². The lowest BCUT2D eigenvalue weighted by Crippen LogP contribution is -2.20. The number of aliphatic hydroxyl groups excluding tert-OH is 1. The summed E-state index contributed by atoms with van der Waals surface area (Å²) in [5, 5.41) is 10.3. The van der Waals surface area contributed by atoms with E-state index in [-0.39, 0.29) is 5.02 Å². The summed E-state index contributed by atoms with van der Waals surface area (Å²) in [5.74, 6) is -0.0890. The van der Waals surface area contributed by atoms with Crippen molar-refractivity contribution in [3.8, 4) is 0 Å². The van der Waals surface area contributed by atoms with Crippen LogP contribution >= 0.6 is 23.5 Å². The summed E-state index contributed by atoms with van der Waals surface area (Å²) in [5.41, 5.74) is 0.745. The van der Waals surface area contributed by atoms with Gasteiger partial charge < -0.3 is 20.0 Å². The molecule has 1 saturated heterocycles. The summed E-state index contributed by atoms with van der Waals surface area (Å²) in [4.78, 5) is 6.24. The van der Waals surface area contributed by atoms with Gasteiger partial charge in [-0.1, -0.05) is 30.5 Å². The van der Waals surface area contributed by atoms with Crippen LogP contribution in [0.1, 0.15) is 32.1 Å². The van der Waals surface area contributed by atoms with Crippen LogP contribution in [0.15, 0.2) is 35.2 Å². The number of nitrogens with one attached hydrogen (secondary N) is 2. The molecule has 1 aromatic heterocycles. The van der Waals surface area contributed by atoms with E-state index in [2.05, 4.69) is 19.9 Å². The van der Waals surface area contributed by atoms with E-state index in [0.717, 1.165) is 50.8 Å². The Kier molecular flexibility index (Phi) is 15.0. The minimum absolute atomic E-state index is 0.138. The smallest absolute Gasteiger partial charge is 0.214 e. The first-order valence-corrected chi connectivity index (χ1v) is 12.0. The van der Waals surface area contributed by atoms with Crippen molar-refractivity contribution in [1.29, 1.82) is 0 Å². The molecule has 0 bridgehead atoms. The van der Waals surface area contributed by atoms with Gasteiger partial charge in [-0.2, -0.15) is 4.39 Å². The first-order valence-electron chi connectivity index (χ1n) is 10.8. The third kappa shape index (κ3) is 9.60. The number of benzene rings is 1. The summed E-state index contributed by atoms with van der Waals surface area (Å²) in [6.45, 7) is 2.89. The minimum atomic E-state index is -0.588. The standard InChI is InChI=1S/C21H27ClF2N4S.CH3F.CH4O/c1-25-12-4-2-3-6-15-11-13-28(14-15)16-9-10-17(21(24)20(16)22)29-27-19-8-5-7-18(23)26-19;2*1-2/h5,7-10,15,25H,2-4,6,11-14H2,1H3,(H,26,27);1H3;2H,1H3/t15-;;/m1../s1. The van der Waals surface area contributed by atoms with Crippen molar-refractivity contribution in [2.45, 2.75) is 37.0 Å². The summed E-state index contributed by atoms with van der Waals surface area (Å²) in [7, 11) is 3.48. The Hall–Kier alpha value is -1.68. The number of hydrogen-bond donors (Lipinski definition) is 3. The largest absolute Gasteiger partial charge is 0.400 e. The molecule has 1 atom stereocenters. The molecule has 1 aliphatic heterocycles. The summed E-state index contributed by atoms with van der Waals surface area (Å²) in [6, 6.07) is 7.99. The normalized spacial score (nSPS) is 14.8. The zero-order valence-electron chi connectivity index (χ0n) is 19.4. The molecule has 2 heterocycles. The molecule has 0 spiro atoms. The molecular formula is C23H34ClF3N4OS. The van der Waals surface area contributed by atoms with E-state index < -0.39 is 11.8 Å². The van der Waals surface area contributed by atoms with Crippen molar-refractivity contribution >= 4 is 35.1 Å². The predicted octanol–water partition coefficient (Wildman–Crippen LogP) is 5.93. The van der Waals surface area contributed by atoms with Crippen molar-refractivity contribution in [3.05, 3.63) is 47.1 Å². The van der Waals surface area contributed by atoms with Crippen molar-refractivity contribution in [3.63, 3.8) is 0 Å². The van der Waals surface area contributed by atoms with Gasteiger partial charge in [0.15, 0.2) is 5.82 Å². The summed E-state index contributed by atoms with van der Waals surface area (Å²) >= 11 is 7.38. The van der Waals surface area contributed by atoms with Crippen molar-refractivity contribution in [1.82, 2.24) is 10.3 Å². The van der Waals surface area contributed by atoms with E-state index in [4.69, 9.17) is 16.7 Å². The van der Waals surface area contributed by atoms with E-state index in [0.29, 0.717) is 23.8 Å². The average Bonchev–Trinajstić information content (AvgIpc) is 3.31. The number of halogens is 4. The highest BCUT2D eigenvalue weighted by molar-refractivity contribution is 8.00. The average molecular weight is 507 g/mol. The number of alkyl halides is 1. The van der Waals surface area contributed by atoms with Gasteiger partial charge in [0.25, 0.3) is 0 Å². The zero-order chi connectivity index (χ0) is 24.6. The molecule has 0 saturated carbocycles. The molecule has 1 aromatic carbocycles. The third-order valence-corrected chi connectivity index (χ3v) is 6.38. The Morgan fingerprint density at radius 3 is 2.61 bits per heavy atom. The van der Waals surface area contributed by atoms with Crippen LogP contribution in [-0.2, 0) is 0 Å². The van der Waals surface area contributed by atoms with Gasteiger partial charge in [0, 0.05) is 20.2 Å². The summed E-state index contributed by atoms with van der Waals surface area (Å²) in [6.07, 6.45) is 6.01. The second-order valence-corrected chi connectivity index (χ2v) is 8.54. The highest BCUT2D eigenvalue weighted by atomic mass is 35.5. The van der Waals surface area contributed by atoms with E-state index in [1.807, 2.05) is 13.1 Å². The predicted molar refractivity (Wildman–Crippen MR) is 133 cm³/mol. The molecule has 0 amide bonds. The molecule has 2 aromatic rings. The molecular weight excluding hydrogens is 473 g/mol. The molecule has 1 fully saturated rings. The Morgan fingerprint density at radius 1 is 1.15 bits per heavy atom. The third-order valence-electron chi connectivity index (χ3n) is 5.17. The number of aromatic nitrogens is 1. The van der Waals surface area contributed by atoms with Gasteiger partial charge in [0.1, 0.15) is 10.8 Å². The Bertz CT molecular complexity index is 819. The second kappa shape index (κ2) is 16.9.